The quantitative estimate of drug-likeness (QED) is 0.658. The first kappa shape index (κ1) is 21.9. The molecule has 3 heterocycles. The number of piperazine rings is 1. The Labute approximate surface area is 165 Å². The van der Waals surface area contributed by atoms with E-state index in [4.69, 9.17) is 14.9 Å². The average molecular weight is 394 g/mol. The first-order valence-electron chi connectivity index (χ1n) is 9.76. The maximum Gasteiger partial charge on any atom is 0.328 e. The number of aromatic nitrogens is 2. The van der Waals surface area contributed by atoms with Gasteiger partial charge in [0.15, 0.2) is 0 Å². The van der Waals surface area contributed by atoms with Crippen LogP contribution in [0.5, 0.6) is 5.88 Å². The van der Waals surface area contributed by atoms with Crippen molar-refractivity contribution < 1.29 is 24.5 Å². The van der Waals surface area contributed by atoms with Crippen LogP contribution in [0, 0.1) is 0 Å². The summed E-state index contributed by atoms with van der Waals surface area (Å²) in [6.45, 7) is 10.9. The Morgan fingerprint density at radius 3 is 2.29 bits per heavy atom. The van der Waals surface area contributed by atoms with Gasteiger partial charge in [-0.3, -0.25) is 9.58 Å². The normalized spacial score (nSPS) is 17.6. The van der Waals surface area contributed by atoms with Crippen LogP contribution in [0.4, 0.5) is 0 Å². The van der Waals surface area contributed by atoms with E-state index in [2.05, 4.69) is 32.6 Å². The largest absolute Gasteiger partial charge is 0.478 e. The number of hydrogen-bond acceptors (Lipinski definition) is 6. The molecule has 9 heteroatoms. The molecule has 156 valence electrons. The number of nitrogens with zero attached hydrogens (tertiary/aromatic N) is 4. The van der Waals surface area contributed by atoms with Crippen molar-refractivity contribution in [1.29, 1.82) is 0 Å². The monoisotopic (exact) mass is 394 g/mol. The number of hydrogen-bond donors (Lipinski definition) is 2. The van der Waals surface area contributed by atoms with E-state index in [-0.39, 0.29) is 0 Å². The van der Waals surface area contributed by atoms with E-state index >= 15 is 0 Å². The molecule has 9 nitrogen and oxygen atoms in total. The fourth-order valence-corrected chi connectivity index (χ4v) is 3.21. The summed E-state index contributed by atoms with van der Waals surface area (Å²) in [5.41, 5.74) is 1.34. The summed E-state index contributed by atoms with van der Waals surface area (Å²) in [6, 6.07) is 2.12. The molecular formula is C19H30N4O5. The van der Waals surface area contributed by atoms with Gasteiger partial charge in [0.05, 0.1) is 0 Å². The van der Waals surface area contributed by atoms with Crippen LogP contribution < -0.4 is 4.74 Å². The van der Waals surface area contributed by atoms with E-state index < -0.39 is 11.9 Å². The summed E-state index contributed by atoms with van der Waals surface area (Å²) < 4.78 is 7.94. The maximum atomic E-state index is 9.55. The molecule has 0 spiro atoms. The van der Waals surface area contributed by atoms with Crippen LogP contribution in [0.25, 0.3) is 0 Å². The van der Waals surface area contributed by atoms with Gasteiger partial charge in [-0.15, -0.1) is 5.10 Å². The van der Waals surface area contributed by atoms with Crippen molar-refractivity contribution in [3.05, 3.63) is 23.9 Å². The van der Waals surface area contributed by atoms with Crippen LogP contribution in [-0.4, -0.2) is 87.6 Å². The molecule has 2 aliphatic rings. The Morgan fingerprint density at radius 2 is 1.71 bits per heavy atom. The fraction of sp³-hybridized carbons (Fsp3) is 0.632. The molecule has 28 heavy (non-hydrogen) atoms. The van der Waals surface area contributed by atoms with Crippen LogP contribution in [0.3, 0.4) is 0 Å². The summed E-state index contributed by atoms with van der Waals surface area (Å²) in [7, 11) is 0. The Hall–Kier alpha value is -2.39. The highest BCUT2D eigenvalue weighted by molar-refractivity contribution is 5.89. The average Bonchev–Trinajstić information content (AvgIpc) is 3.10. The van der Waals surface area contributed by atoms with E-state index in [1.807, 2.05) is 0 Å². The standard InChI is InChI=1S/C15H26N4O.C4H4O4/c1-2-17-7-9-18(10-8-17)11-12-20-15-13-14-5-3-4-6-19(14)16-15;5-3(6)1-2-4(7)8/h13H,2-12H2,1H3;1-2H,(H,5,6)(H,7,8)/b;2-1-. The first-order valence-corrected chi connectivity index (χ1v) is 9.76. The van der Waals surface area contributed by atoms with E-state index in [0.29, 0.717) is 12.2 Å². The van der Waals surface area contributed by atoms with Crippen molar-refractivity contribution in [2.75, 3.05) is 45.9 Å². The summed E-state index contributed by atoms with van der Waals surface area (Å²) in [4.78, 5) is 24.1. The minimum Gasteiger partial charge on any atom is -0.478 e. The highest BCUT2D eigenvalue weighted by Gasteiger charge is 2.16. The van der Waals surface area contributed by atoms with Crippen LogP contribution in [0.2, 0.25) is 0 Å². The third-order valence-corrected chi connectivity index (χ3v) is 4.83. The van der Waals surface area contributed by atoms with Gasteiger partial charge in [0.2, 0.25) is 5.88 Å². The lowest BCUT2D eigenvalue weighted by molar-refractivity contribution is -0.134. The zero-order valence-corrected chi connectivity index (χ0v) is 16.4. The van der Waals surface area contributed by atoms with E-state index in [1.165, 1.54) is 38.2 Å². The molecule has 0 bridgehead atoms. The lowest BCUT2D eigenvalue weighted by Gasteiger charge is -2.33. The van der Waals surface area contributed by atoms with Gasteiger partial charge in [0.1, 0.15) is 6.61 Å². The molecule has 0 amide bonds. The second-order valence-electron chi connectivity index (χ2n) is 6.79. The van der Waals surface area contributed by atoms with Gasteiger partial charge < -0.3 is 19.8 Å². The second kappa shape index (κ2) is 11.5. The highest BCUT2D eigenvalue weighted by atomic mass is 16.5. The summed E-state index contributed by atoms with van der Waals surface area (Å²) in [5, 5.41) is 20.2. The number of carboxylic acid groups (broad SMARTS) is 2. The molecule has 1 aromatic rings. The van der Waals surface area contributed by atoms with Crippen molar-refractivity contribution >= 4 is 11.9 Å². The topological polar surface area (TPSA) is 108 Å². The predicted molar refractivity (Wildman–Crippen MR) is 104 cm³/mol. The molecule has 3 rings (SSSR count). The number of carboxylic acids is 2. The number of likely N-dealkylation sites (N-methyl/N-ethyl adjacent to an activating group) is 1. The van der Waals surface area contributed by atoms with Crippen molar-refractivity contribution in [1.82, 2.24) is 19.6 Å². The number of aryl methyl sites for hydroxylation is 2. The Bertz CT molecular complexity index is 626. The number of fused-ring (bicyclic) bond motifs is 1. The summed E-state index contributed by atoms with van der Waals surface area (Å²) in [6.07, 6.45) is 4.79. The molecule has 0 saturated carbocycles. The highest BCUT2D eigenvalue weighted by Crippen LogP contribution is 2.19. The summed E-state index contributed by atoms with van der Waals surface area (Å²) >= 11 is 0. The molecule has 0 unspecified atom stereocenters. The lowest BCUT2D eigenvalue weighted by atomic mass is 10.1. The molecule has 1 aromatic heterocycles. The van der Waals surface area contributed by atoms with Crippen molar-refractivity contribution in [3.63, 3.8) is 0 Å². The van der Waals surface area contributed by atoms with Gasteiger partial charge in [-0.2, -0.15) is 0 Å². The Balaban J connectivity index is 0.000000300. The Morgan fingerprint density at radius 1 is 1.07 bits per heavy atom. The van der Waals surface area contributed by atoms with Gasteiger partial charge in [-0.05, 0) is 25.8 Å². The third-order valence-electron chi connectivity index (χ3n) is 4.83. The zero-order valence-electron chi connectivity index (χ0n) is 16.4. The molecule has 2 N–H and O–H groups in total. The van der Waals surface area contributed by atoms with Crippen molar-refractivity contribution in [2.45, 2.75) is 32.7 Å². The van der Waals surface area contributed by atoms with E-state index in [1.54, 1.807) is 0 Å². The van der Waals surface area contributed by atoms with Gasteiger partial charge in [0.25, 0.3) is 0 Å². The molecule has 2 aliphatic heterocycles. The molecule has 1 fully saturated rings. The van der Waals surface area contributed by atoms with Crippen LogP contribution in [0.1, 0.15) is 25.5 Å². The molecule has 0 aliphatic carbocycles. The molecule has 0 aromatic carbocycles. The van der Waals surface area contributed by atoms with Crippen molar-refractivity contribution in [3.8, 4) is 5.88 Å². The lowest BCUT2D eigenvalue weighted by Crippen LogP contribution is -2.47. The number of aliphatic carboxylic acids is 2. The number of rotatable bonds is 7. The minimum absolute atomic E-state index is 0.558. The fourth-order valence-electron chi connectivity index (χ4n) is 3.21. The SMILES string of the molecule is CCN1CCN(CCOc2cc3n(n2)CCCC3)CC1.O=C(O)/C=C\C(=O)O. The van der Waals surface area contributed by atoms with Crippen LogP contribution >= 0.6 is 0 Å². The molecule has 0 atom stereocenters. The zero-order chi connectivity index (χ0) is 20.4. The number of ether oxygens (including phenoxy) is 1. The summed E-state index contributed by atoms with van der Waals surface area (Å²) in [5.74, 6) is -1.70. The number of carbonyl (C=O) groups is 2. The smallest absolute Gasteiger partial charge is 0.328 e. The maximum absolute atomic E-state index is 9.55. The van der Waals surface area contributed by atoms with E-state index in [0.717, 1.165) is 45.1 Å². The Kier molecular flexibility index (Phi) is 8.96. The second-order valence-corrected chi connectivity index (χ2v) is 6.79. The van der Waals surface area contributed by atoms with Crippen LogP contribution in [-0.2, 0) is 22.6 Å². The van der Waals surface area contributed by atoms with Crippen LogP contribution in [0.15, 0.2) is 18.2 Å². The molecular weight excluding hydrogens is 364 g/mol. The van der Waals surface area contributed by atoms with Crippen molar-refractivity contribution in [2.24, 2.45) is 0 Å². The van der Waals surface area contributed by atoms with Gasteiger partial charge >= 0.3 is 11.9 Å². The molecule has 1 saturated heterocycles. The van der Waals surface area contributed by atoms with Gasteiger partial charge in [0, 0.05) is 63.2 Å². The predicted octanol–water partition coefficient (Wildman–Crippen LogP) is 0.948. The first-order chi connectivity index (χ1) is 13.5. The van der Waals surface area contributed by atoms with Gasteiger partial charge in [-0.25, -0.2) is 9.59 Å². The van der Waals surface area contributed by atoms with E-state index in [9.17, 15) is 9.59 Å². The van der Waals surface area contributed by atoms with Gasteiger partial charge in [-0.1, -0.05) is 6.92 Å². The minimum atomic E-state index is -1.26. The third kappa shape index (κ3) is 7.69. The molecule has 0 radical (unpaired) electrons.